The SMILES string of the molecule is CC(C)c1ccc(OCC(=O)NCC(O)C2CC2)cc1. The van der Waals surface area contributed by atoms with Crippen LogP contribution in [0.25, 0.3) is 0 Å². The number of benzene rings is 1. The van der Waals surface area contributed by atoms with Gasteiger partial charge in [-0.3, -0.25) is 4.79 Å². The highest BCUT2D eigenvalue weighted by molar-refractivity contribution is 5.77. The first-order valence-corrected chi connectivity index (χ1v) is 7.24. The van der Waals surface area contributed by atoms with Gasteiger partial charge in [0, 0.05) is 6.54 Å². The summed E-state index contributed by atoms with van der Waals surface area (Å²) in [5.41, 5.74) is 1.24. The van der Waals surface area contributed by atoms with Crippen LogP contribution in [-0.4, -0.2) is 30.3 Å². The normalized spacial score (nSPS) is 16.0. The van der Waals surface area contributed by atoms with E-state index in [4.69, 9.17) is 4.74 Å². The van der Waals surface area contributed by atoms with Crippen molar-refractivity contribution in [2.75, 3.05) is 13.2 Å². The first kappa shape index (κ1) is 14.9. The third-order valence-electron chi connectivity index (χ3n) is 3.59. The van der Waals surface area contributed by atoms with Gasteiger partial charge in [0.05, 0.1) is 6.10 Å². The molecule has 4 nitrogen and oxygen atoms in total. The van der Waals surface area contributed by atoms with Crippen molar-refractivity contribution < 1.29 is 14.6 Å². The molecule has 1 fully saturated rings. The van der Waals surface area contributed by atoms with Crippen LogP contribution in [0.15, 0.2) is 24.3 Å². The highest BCUT2D eigenvalue weighted by Crippen LogP contribution is 2.32. The van der Waals surface area contributed by atoms with Crippen molar-refractivity contribution >= 4 is 5.91 Å². The Bertz CT molecular complexity index is 438. The van der Waals surface area contributed by atoms with Crippen molar-refractivity contribution in [3.63, 3.8) is 0 Å². The standard InChI is InChI=1S/C16H23NO3/c1-11(2)12-5-7-14(8-6-12)20-10-16(19)17-9-15(18)13-3-4-13/h5-8,11,13,15,18H,3-4,9-10H2,1-2H3,(H,17,19). The van der Waals surface area contributed by atoms with Gasteiger partial charge in [-0.15, -0.1) is 0 Å². The third kappa shape index (κ3) is 4.53. The predicted molar refractivity (Wildman–Crippen MR) is 77.8 cm³/mol. The number of ether oxygens (including phenoxy) is 1. The first-order valence-electron chi connectivity index (χ1n) is 7.24. The summed E-state index contributed by atoms with van der Waals surface area (Å²) >= 11 is 0. The lowest BCUT2D eigenvalue weighted by molar-refractivity contribution is -0.123. The minimum absolute atomic E-state index is 0.0155. The molecule has 0 radical (unpaired) electrons. The van der Waals surface area contributed by atoms with Crippen LogP contribution in [0.4, 0.5) is 0 Å². The maximum Gasteiger partial charge on any atom is 0.258 e. The molecule has 1 aromatic carbocycles. The molecule has 0 saturated heterocycles. The number of hydrogen-bond acceptors (Lipinski definition) is 3. The zero-order valence-electron chi connectivity index (χ0n) is 12.1. The average molecular weight is 277 g/mol. The summed E-state index contributed by atoms with van der Waals surface area (Å²) < 4.78 is 5.42. The molecule has 4 heteroatoms. The molecule has 1 atom stereocenters. The Morgan fingerprint density at radius 3 is 2.55 bits per heavy atom. The van der Waals surface area contributed by atoms with E-state index >= 15 is 0 Å². The Balaban J connectivity index is 1.69. The predicted octanol–water partition coefficient (Wildman–Crippen LogP) is 2.08. The Hall–Kier alpha value is -1.55. The molecule has 0 bridgehead atoms. The molecular weight excluding hydrogens is 254 g/mol. The summed E-state index contributed by atoms with van der Waals surface area (Å²) in [6, 6.07) is 7.77. The molecule has 0 heterocycles. The molecule has 1 saturated carbocycles. The smallest absolute Gasteiger partial charge is 0.258 e. The molecule has 2 N–H and O–H groups in total. The lowest BCUT2D eigenvalue weighted by atomic mass is 10.0. The maximum atomic E-state index is 11.6. The second-order valence-electron chi connectivity index (χ2n) is 5.72. The number of aliphatic hydroxyl groups is 1. The van der Waals surface area contributed by atoms with E-state index in [1.54, 1.807) is 0 Å². The molecule has 2 rings (SSSR count). The topological polar surface area (TPSA) is 58.6 Å². The van der Waals surface area contributed by atoms with Crippen LogP contribution < -0.4 is 10.1 Å². The average Bonchev–Trinajstić information content (AvgIpc) is 3.27. The van der Waals surface area contributed by atoms with Gasteiger partial charge in [-0.2, -0.15) is 0 Å². The minimum Gasteiger partial charge on any atom is -0.484 e. The van der Waals surface area contributed by atoms with Crippen molar-refractivity contribution in [3.8, 4) is 5.75 Å². The molecule has 0 aromatic heterocycles. The number of rotatable bonds is 7. The second-order valence-corrected chi connectivity index (χ2v) is 5.72. The van der Waals surface area contributed by atoms with Crippen LogP contribution in [0, 0.1) is 5.92 Å². The van der Waals surface area contributed by atoms with Gasteiger partial charge in [-0.1, -0.05) is 26.0 Å². The van der Waals surface area contributed by atoms with Crippen molar-refractivity contribution in [1.82, 2.24) is 5.32 Å². The highest BCUT2D eigenvalue weighted by Gasteiger charge is 2.29. The van der Waals surface area contributed by atoms with Crippen molar-refractivity contribution in [2.24, 2.45) is 5.92 Å². The summed E-state index contributed by atoms with van der Waals surface area (Å²) in [6.07, 6.45) is 1.72. The largest absolute Gasteiger partial charge is 0.484 e. The van der Waals surface area contributed by atoms with Crippen molar-refractivity contribution in [3.05, 3.63) is 29.8 Å². The van der Waals surface area contributed by atoms with E-state index in [1.807, 2.05) is 24.3 Å². The summed E-state index contributed by atoms with van der Waals surface area (Å²) in [7, 11) is 0. The molecular formula is C16H23NO3. The first-order chi connectivity index (χ1) is 9.56. The highest BCUT2D eigenvalue weighted by atomic mass is 16.5. The van der Waals surface area contributed by atoms with E-state index in [-0.39, 0.29) is 12.5 Å². The third-order valence-corrected chi connectivity index (χ3v) is 3.59. The van der Waals surface area contributed by atoms with E-state index in [9.17, 15) is 9.90 Å². The Morgan fingerprint density at radius 1 is 1.35 bits per heavy atom. The van der Waals surface area contributed by atoms with Gasteiger partial charge in [0.25, 0.3) is 5.91 Å². The van der Waals surface area contributed by atoms with Gasteiger partial charge in [0.15, 0.2) is 6.61 Å². The summed E-state index contributed by atoms with van der Waals surface area (Å²) in [4.78, 5) is 11.6. The van der Waals surface area contributed by atoms with Gasteiger partial charge in [-0.25, -0.2) is 0 Å². The fourth-order valence-corrected chi connectivity index (χ4v) is 2.01. The zero-order chi connectivity index (χ0) is 14.5. The fourth-order valence-electron chi connectivity index (χ4n) is 2.01. The van der Waals surface area contributed by atoms with E-state index < -0.39 is 6.10 Å². The number of nitrogens with one attached hydrogen (secondary N) is 1. The zero-order valence-corrected chi connectivity index (χ0v) is 12.1. The lowest BCUT2D eigenvalue weighted by Gasteiger charge is -2.12. The van der Waals surface area contributed by atoms with Crippen LogP contribution in [0.2, 0.25) is 0 Å². The number of aliphatic hydroxyl groups excluding tert-OH is 1. The second kappa shape index (κ2) is 6.75. The number of hydrogen-bond donors (Lipinski definition) is 2. The van der Waals surface area contributed by atoms with Gasteiger partial charge in [0.1, 0.15) is 5.75 Å². The summed E-state index contributed by atoms with van der Waals surface area (Å²) in [5.74, 6) is 1.35. The fraction of sp³-hybridized carbons (Fsp3) is 0.562. The van der Waals surface area contributed by atoms with Gasteiger partial charge in [-0.05, 0) is 42.4 Å². The van der Waals surface area contributed by atoms with Crippen LogP contribution >= 0.6 is 0 Å². The Labute approximate surface area is 120 Å². The van der Waals surface area contributed by atoms with E-state index in [0.29, 0.717) is 24.1 Å². The van der Waals surface area contributed by atoms with E-state index in [0.717, 1.165) is 12.8 Å². The minimum atomic E-state index is -0.413. The molecule has 20 heavy (non-hydrogen) atoms. The maximum absolute atomic E-state index is 11.6. The molecule has 1 aromatic rings. The van der Waals surface area contributed by atoms with Crippen LogP contribution in [-0.2, 0) is 4.79 Å². The number of carbonyl (C=O) groups excluding carboxylic acids is 1. The Kier molecular flexibility index (Phi) is 5.01. The molecule has 0 spiro atoms. The molecule has 0 aliphatic heterocycles. The van der Waals surface area contributed by atoms with Crippen molar-refractivity contribution in [1.29, 1.82) is 0 Å². The number of carbonyl (C=O) groups is 1. The van der Waals surface area contributed by atoms with Gasteiger partial charge in [0.2, 0.25) is 0 Å². The van der Waals surface area contributed by atoms with Crippen LogP contribution in [0.5, 0.6) is 5.75 Å². The lowest BCUT2D eigenvalue weighted by Crippen LogP contribution is -2.36. The summed E-state index contributed by atoms with van der Waals surface area (Å²) in [5, 5.41) is 12.3. The molecule has 110 valence electrons. The van der Waals surface area contributed by atoms with Crippen LogP contribution in [0.1, 0.15) is 38.2 Å². The van der Waals surface area contributed by atoms with E-state index in [2.05, 4.69) is 19.2 Å². The Morgan fingerprint density at radius 2 is 2.00 bits per heavy atom. The molecule has 1 aliphatic carbocycles. The van der Waals surface area contributed by atoms with Gasteiger partial charge >= 0.3 is 0 Å². The van der Waals surface area contributed by atoms with Crippen molar-refractivity contribution in [2.45, 2.75) is 38.7 Å². The molecule has 1 aliphatic rings. The monoisotopic (exact) mass is 277 g/mol. The quantitative estimate of drug-likeness (QED) is 0.802. The van der Waals surface area contributed by atoms with Crippen LogP contribution in [0.3, 0.4) is 0 Å². The number of amides is 1. The molecule has 1 amide bonds. The van der Waals surface area contributed by atoms with Gasteiger partial charge < -0.3 is 15.2 Å². The molecule has 1 unspecified atom stereocenters. The summed E-state index contributed by atoms with van der Waals surface area (Å²) in [6.45, 7) is 4.57. The van der Waals surface area contributed by atoms with E-state index in [1.165, 1.54) is 5.56 Å².